The SMILES string of the molecule is C[Si](C)(C)C12CC3(c4ccccc4)CC(c4ccccc4)(CC(c4ccccc4)(C3)C1)C2.c1ccc(-c2ccc(C34CC5(c6ccccc6)CC(c6ccccc6)(CC(c6ccccc6)(C5)C3)C4)s2)cc1.c1ccc(C23CC4(c5ccccc5)CC(c5ccccc5)(C2)CC(c2ccccn2)(C3)C4)cc1. The van der Waals surface area contributed by atoms with E-state index in [0.29, 0.717) is 5.04 Å². The quantitative estimate of drug-likeness (QED) is 0.105. The van der Waals surface area contributed by atoms with Gasteiger partial charge in [0.05, 0.1) is 8.07 Å². The summed E-state index contributed by atoms with van der Waals surface area (Å²) in [5, 5.41) is 0.475. The lowest BCUT2D eigenvalue weighted by Gasteiger charge is -2.74. The highest BCUT2D eigenvalue weighted by Crippen LogP contribution is 2.81. The van der Waals surface area contributed by atoms with Gasteiger partial charge in [-0.05, 0) is 249 Å². The molecule has 0 unspecified atom stereocenters. The minimum atomic E-state index is -1.45. The van der Waals surface area contributed by atoms with Crippen LogP contribution >= 0.6 is 11.3 Å². The maximum absolute atomic E-state index is 5.04. The molecule has 12 aliphatic rings. The Labute approximate surface area is 630 Å². The van der Waals surface area contributed by atoms with Crippen molar-refractivity contribution in [1.82, 2.24) is 4.98 Å². The largest absolute Gasteiger partial charge is 0.261 e. The van der Waals surface area contributed by atoms with Gasteiger partial charge in [0.1, 0.15) is 0 Å². The highest BCUT2D eigenvalue weighted by Gasteiger charge is 2.74. The third-order valence-electron chi connectivity index (χ3n) is 29.6. The van der Waals surface area contributed by atoms with Crippen LogP contribution in [0.1, 0.15) is 176 Å². The van der Waals surface area contributed by atoms with Crippen molar-refractivity contribution in [2.24, 2.45) is 0 Å². The minimum absolute atomic E-state index is 0.0809. The van der Waals surface area contributed by atoms with Gasteiger partial charge in [0.25, 0.3) is 0 Å². The van der Waals surface area contributed by atoms with E-state index >= 15 is 0 Å². The third kappa shape index (κ3) is 10.9. The lowest BCUT2D eigenvalue weighted by atomic mass is 9.32. The Bertz CT molecular complexity index is 4490. The molecule has 0 atom stereocenters. The van der Waals surface area contributed by atoms with E-state index in [0.717, 1.165) is 0 Å². The van der Waals surface area contributed by atoms with Crippen molar-refractivity contribution >= 4 is 19.4 Å². The Hall–Kier alpha value is -8.73. The molecule has 0 aliphatic heterocycles. The molecule has 10 aromatic carbocycles. The second kappa shape index (κ2) is 24.9. The number of hydrogen-bond acceptors (Lipinski definition) is 2. The van der Waals surface area contributed by atoms with Crippen LogP contribution in [0.3, 0.4) is 0 Å². The molecule has 12 aliphatic carbocycles. The van der Waals surface area contributed by atoms with Crippen LogP contribution in [-0.4, -0.2) is 13.1 Å². The van der Waals surface area contributed by atoms with Gasteiger partial charge in [0, 0.05) is 32.5 Å². The molecule has 0 saturated heterocycles. The van der Waals surface area contributed by atoms with Gasteiger partial charge in [-0.3, -0.25) is 4.98 Å². The Balaban J connectivity index is 0.000000109. The molecule has 24 rings (SSSR count). The zero-order valence-electron chi connectivity index (χ0n) is 61.9. The summed E-state index contributed by atoms with van der Waals surface area (Å²) < 4.78 is 0. The van der Waals surface area contributed by atoms with E-state index < -0.39 is 8.07 Å². The van der Waals surface area contributed by atoms with E-state index in [1.807, 2.05) is 6.20 Å². The first-order valence-electron chi connectivity index (χ1n) is 39.7. The van der Waals surface area contributed by atoms with E-state index in [1.54, 1.807) is 38.3 Å². The zero-order valence-corrected chi connectivity index (χ0v) is 63.7. The highest BCUT2D eigenvalue weighted by molar-refractivity contribution is 7.15. The molecule has 3 heteroatoms. The van der Waals surface area contributed by atoms with Gasteiger partial charge < -0.3 is 0 Å². The molecule has 2 aromatic heterocycles. The first-order chi connectivity index (χ1) is 51.1. The fourth-order valence-electron chi connectivity index (χ4n) is 27.2. The molecule has 524 valence electrons. The van der Waals surface area contributed by atoms with Crippen LogP contribution < -0.4 is 0 Å². The van der Waals surface area contributed by atoms with E-state index in [-0.39, 0.29) is 59.6 Å². The minimum Gasteiger partial charge on any atom is -0.261 e. The van der Waals surface area contributed by atoms with Crippen LogP contribution in [-0.2, 0) is 59.6 Å². The van der Waals surface area contributed by atoms with Crippen LogP contribution in [0.2, 0.25) is 24.7 Å². The summed E-state index contributed by atoms with van der Waals surface area (Å²) in [5.74, 6) is 0. The molecular weight excluding hydrogens is 1300 g/mol. The summed E-state index contributed by atoms with van der Waals surface area (Å²) >= 11 is 2.06. The molecular formula is C102H101NSSi. The molecule has 0 amide bonds. The van der Waals surface area contributed by atoms with E-state index in [2.05, 4.69) is 365 Å². The Morgan fingerprint density at radius 3 is 0.676 bits per heavy atom. The molecule has 1 nitrogen and oxygen atoms in total. The summed E-state index contributed by atoms with van der Waals surface area (Å²) in [6, 6.07) is 126. The maximum Gasteiger partial charge on any atom is 0.0506 e. The standard InChI is InChI=1S/C38H34S.C33H31N.C31H36Si/c1-5-13-29(14-6-1)33-21-22-34(39-33)38-26-35(30-15-7-2-8-16-30)23-36(27-38,31-17-9-3-10-18-31)25-37(24-35,28-38)32-19-11-4-12-20-32;1-4-12-26(13-5-1)30-20-31(27-14-6-2-7-15-27)22-32(21-30,28-16-8-3-9-17-28)25-33(23-30,24-31)29-18-10-11-19-34-29;1-32(2,3)31-22-28(25-13-7-4-8-14-25)19-29(23-31,26-15-9-5-10-16-26)21-30(20-28,24-31)27-17-11-6-12-18-27/h1-22H,23-28H2;1-19H,20-25H2;4-18H,19-24H2,1-3H3. The molecule has 12 fully saturated rings. The van der Waals surface area contributed by atoms with Crippen molar-refractivity contribution in [2.75, 3.05) is 0 Å². The van der Waals surface area contributed by atoms with Gasteiger partial charge in [0.15, 0.2) is 0 Å². The number of aromatic nitrogens is 1. The summed E-state index contributed by atoms with van der Waals surface area (Å²) in [6.45, 7) is 7.99. The predicted octanol–water partition coefficient (Wildman–Crippen LogP) is 25.6. The Morgan fingerprint density at radius 1 is 0.219 bits per heavy atom. The molecule has 105 heavy (non-hydrogen) atoms. The van der Waals surface area contributed by atoms with Crippen molar-refractivity contribution in [3.63, 3.8) is 0 Å². The fourth-order valence-corrected chi connectivity index (χ4v) is 31.0. The number of pyridine rings is 1. The highest BCUT2D eigenvalue weighted by atomic mass is 32.1. The van der Waals surface area contributed by atoms with Crippen molar-refractivity contribution in [3.05, 3.63) is 400 Å². The molecule has 2 heterocycles. The van der Waals surface area contributed by atoms with Crippen LogP contribution in [0, 0.1) is 0 Å². The van der Waals surface area contributed by atoms with Crippen molar-refractivity contribution in [1.29, 1.82) is 0 Å². The van der Waals surface area contributed by atoms with Crippen LogP contribution in [0.25, 0.3) is 10.4 Å². The number of nitrogens with zero attached hydrogens (tertiary/aromatic N) is 1. The van der Waals surface area contributed by atoms with E-state index in [1.165, 1.54) is 148 Å². The first kappa shape index (κ1) is 66.9. The molecule has 12 saturated carbocycles. The fraction of sp³-hybridized carbons (Fsp3) is 0.324. The van der Waals surface area contributed by atoms with E-state index in [4.69, 9.17) is 4.98 Å². The second-order valence-electron chi connectivity index (χ2n) is 36.8. The number of thiophene rings is 1. The average molecular weight is 1400 g/mol. The normalized spacial score (nSPS) is 33.2. The predicted molar refractivity (Wildman–Crippen MR) is 440 cm³/mol. The van der Waals surface area contributed by atoms with Crippen LogP contribution in [0.15, 0.2) is 340 Å². The van der Waals surface area contributed by atoms with Gasteiger partial charge in [-0.25, -0.2) is 0 Å². The van der Waals surface area contributed by atoms with Gasteiger partial charge in [0.2, 0.25) is 0 Å². The van der Waals surface area contributed by atoms with E-state index in [9.17, 15) is 0 Å². The van der Waals surface area contributed by atoms with Gasteiger partial charge in [-0.2, -0.15) is 0 Å². The summed E-state index contributed by atoms with van der Waals surface area (Å²) in [5.41, 5.74) is 18.7. The number of benzene rings is 10. The lowest BCUT2D eigenvalue weighted by molar-refractivity contribution is -0.0707. The molecule has 0 spiro atoms. The average Bonchev–Trinajstić information content (AvgIpc) is 1.07. The molecule has 12 aromatic rings. The smallest absolute Gasteiger partial charge is 0.0506 e. The first-order valence-corrected chi connectivity index (χ1v) is 44.0. The molecule has 0 N–H and O–H groups in total. The van der Waals surface area contributed by atoms with Gasteiger partial charge in [-0.1, -0.05) is 329 Å². The maximum atomic E-state index is 5.04. The number of rotatable bonds is 13. The monoisotopic (exact) mass is 1400 g/mol. The zero-order chi connectivity index (χ0) is 70.7. The summed E-state index contributed by atoms with van der Waals surface area (Å²) in [7, 11) is -1.45. The van der Waals surface area contributed by atoms with Crippen LogP contribution in [0.4, 0.5) is 0 Å². The lowest BCUT2D eigenvalue weighted by Crippen LogP contribution is -2.67. The third-order valence-corrected chi connectivity index (χ3v) is 34.7. The summed E-state index contributed by atoms with van der Waals surface area (Å²) in [4.78, 5) is 8.04. The second-order valence-corrected chi connectivity index (χ2v) is 43.5. The molecule has 12 bridgehead atoms. The Kier molecular flexibility index (Phi) is 15.9. The topological polar surface area (TPSA) is 12.9 Å². The van der Waals surface area contributed by atoms with Crippen molar-refractivity contribution in [2.45, 2.75) is 200 Å². The van der Waals surface area contributed by atoms with Gasteiger partial charge in [-0.15, -0.1) is 11.3 Å². The number of hydrogen-bond donors (Lipinski definition) is 0. The van der Waals surface area contributed by atoms with Crippen LogP contribution in [0.5, 0.6) is 0 Å². The van der Waals surface area contributed by atoms with Crippen molar-refractivity contribution < 1.29 is 0 Å². The van der Waals surface area contributed by atoms with Crippen molar-refractivity contribution in [3.8, 4) is 10.4 Å². The summed E-state index contributed by atoms with van der Waals surface area (Å²) in [6.07, 6.45) is 24.9. The van der Waals surface area contributed by atoms with Gasteiger partial charge >= 0.3 is 0 Å². The Morgan fingerprint density at radius 2 is 0.438 bits per heavy atom. The molecule has 0 radical (unpaired) electrons.